The van der Waals surface area contributed by atoms with E-state index >= 15 is 0 Å². The van der Waals surface area contributed by atoms with Crippen LogP contribution in [-0.4, -0.2) is 36.4 Å². The third kappa shape index (κ3) is 2.58. The van der Waals surface area contributed by atoms with Crippen molar-refractivity contribution in [2.75, 3.05) is 20.7 Å². The highest BCUT2D eigenvalue weighted by Crippen LogP contribution is 2.31. The van der Waals surface area contributed by atoms with Crippen molar-refractivity contribution in [1.29, 1.82) is 0 Å². The third-order valence-corrected chi connectivity index (χ3v) is 2.30. The van der Waals surface area contributed by atoms with Crippen molar-refractivity contribution in [3.63, 3.8) is 0 Å². The van der Waals surface area contributed by atoms with Crippen molar-refractivity contribution in [2.24, 2.45) is 0 Å². The molecule has 1 aromatic rings. The van der Waals surface area contributed by atoms with Crippen LogP contribution in [-0.2, 0) is 0 Å². The van der Waals surface area contributed by atoms with E-state index in [-0.39, 0.29) is 23.5 Å². The van der Waals surface area contributed by atoms with Gasteiger partial charge >= 0.3 is 5.69 Å². The van der Waals surface area contributed by atoms with Gasteiger partial charge in [-0.25, -0.2) is 0 Å². The fraction of sp³-hybridized carbons (Fsp3) is 0.250. The molecule has 0 heterocycles. The molecule has 0 fully saturated rings. The number of para-hydroxylation sites is 1. The number of nitro groups is 1. The molecule has 1 amide bonds. The van der Waals surface area contributed by atoms with Crippen LogP contribution < -0.4 is 4.74 Å². The molecule has 0 unspecified atom stereocenters. The minimum absolute atomic E-state index is 0.0589. The first-order valence-corrected chi connectivity index (χ1v) is 5.03. The molecule has 18 heavy (non-hydrogen) atoms. The minimum Gasteiger partial charge on any atom is -0.490 e. The molecule has 0 saturated heterocycles. The number of hydrogen-bond acceptors (Lipinski definition) is 4. The van der Waals surface area contributed by atoms with Crippen LogP contribution in [0.1, 0.15) is 10.4 Å². The van der Waals surface area contributed by atoms with E-state index in [2.05, 4.69) is 5.92 Å². The Bertz CT molecular complexity index is 519. The van der Waals surface area contributed by atoms with E-state index in [0.29, 0.717) is 0 Å². The number of benzene rings is 1. The van der Waals surface area contributed by atoms with Crippen molar-refractivity contribution in [2.45, 2.75) is 0 Å². The van der Waals surface area contributed by atoms with Crippen LogP contribution in [0.2, 0.25) is 0 Å². The Kier molecular flexibility index (Phi) is 4.27. The van der Waals surface area contributed by atoms with Gasteiger partial charge in [0.25, 0.3) is 5.91 Å². The predicted molar refractivity (Wildman–Crippen MR) is 65.4 cm³/mol. The minimum atomic E-state index is -0.600. The quantitative estimate of drug-likeness (QED) is 0.457. The Morgan fingerprint density at radius 3 is 2.78 bits per heavy atom. The van der Waals surface area contributed by atoms with Gasteiger partial charge in [-0.05, 0) is 6.07 Å². The van der Waals surface area contributed by atoms with Gasteiger partial charge in [-0.3, -0.25) is 14.9 Å². The summed E-state index contributed by atoms with van der Waals surface area (Å²) in [6.07, 6.45) is 5.11. The van der Waals surface area contributed by atoms with Crippen LogP contribution in [0.25, 0.3) is 0 Å². The maximum absolute atomic E-state index is 12.0. The second kappa shape index (κ2) is 5.68. The average Bonchev–Trinajstić information content (AvgIpc) is 2.36. The summed E-state index contributed by atoms with van der Waals surface area (Å²) >= 11 is 0. The SMILES string of the molecule is C#CCN(C)C(=O)c1cccc([N+](=O)[O-])c1OC. The normalized spacial score (nSPS) is 9.39. The number of nitrogens with zero attached hydrogens (tertiary/aromatic N) is 2. The Morgan fingerprint density at radius 2 is 2.28 bits per heavy atom. The Morgan fingerprint density at radius 1 is 1.61 bits per heavy atom. The highest BCUT2D eigenvalue weighted by atomic mass is 16.6. The van der Waals surface area contributed by atoms with Crippen molar-refractivity contribution < 1.29 is 14.5 Å². The number of carbonyl (C=O) groups is 1. The molecular formula is C12H12N2O4. The third-order valence-electron chi connectivity index (χ3n) is 2.30. The summed E-state index contributed by atoms with van der Waals surface area (Å²) in [5, 5.41) is 10.8. The zero-order valence-corrected chi connectivity index (χ0v) is 10.0. The molecule has 0 aliphatic carbocycles. The van der Waals surface area contributed by atoms with E-state index in [1.165, 1.54) is 37.3 Å². The van der Waals surface area contributed by atoms with E-state index < -0.39 is 10.8 Å². The second-order valence-electron chi connectivity index (χ2n) is 3.48. The number of amides is 1. The highest BCUT2D eigenvalue weighted by Gasteiger charge is 2.24. The van der Waals surface area contributed by atoms with Crippen LogP contribution in [0.3, 0.4) is 0 Å². The van der Waals surface area contributed by atoms with Gasteiger partial charge in [0.1, 0.15) is 0 Å². The van der Waals surface area contributed by atoms with Crippen LogP contribution in [0.5, 0.6) is 5.75 Å². The first-order chi connectivity index (χ1) is 8.52. The molecule has 0 radical (unpaired) electrons. The van der Waals surface area contributed by atoms with Crippen molar-refractivity contribution >= 4 is 11.6 Å². The lowest BCUT2D eigenvalue weighted by Crippen LogP contribution is -2.27. The zero-order chi connectivity index (χ0) is 13.7. The molecule has 94 valence electrons. The van der Waals surface area contributed by atoms with Crippen LogP contribution in [0.4, 0.5) is 5.69 Å². The van der Waals surface area contributed by atoms with Crippen molar-refractivity contribution in [1.82, 2.24) is 4.90 Å². The fourth-order valence-electron chi connectivity index (χ4n) is 1.47. The molecular weight excluding hydrogens is 236 g/mol. The molecule has 0 saturated carbocycles. The van der Waals surface area contributed by atoms with Gasteiger partial charge in [-0.2, -0.15) is 0 Å². The van der Waals surface area contributed by atoms with Gasteiger partial charge in [0.2, 0.25) is 5.75 Å². The van der Waals surface area contributed by atoms with Gasteiger partial charge in [0.15, 0.2) is 0 Å². The summed E-state index contributed by atoms with van der Waals surface area (Å²) in [6, 6.07) is 4.16. The van der Waals surface area contributed by atoms with Gasteiger partial charge in [0, 0.05) is 13.1 Å². The van der Waals surface area contributed by atoms with Crippen LogP contribution in [0, 0.1) is 22.5 Å². The van der Waals surface area contributed by atoms with E-state index in [4.69, 9.17) is 11.2 Å². The molecule has 0 spiro atoms. The van der Waals surface area contributed by atoms with E-state index in [1.54, 1.807) is 0 Å². The predicted octanol–water partition coefficient (Wildman–Crippen LogP) is 1.31. The molecule has 0 N–H and O–H groups in total. The Balaban J connectivity index is 3.25. The molecule has 0 atom stereocenters. The fourth-order valence-corrected chi connectivity index (χ4v) is 1.47. The number of carbonyl (C=O) groups excluding carboxylic acids is 1. The van der Waals surface area contributed by atoms with Crippen LogP contribution >= 0.6 is 0 Å². The Labute approximate surface area is 104 Å². The molecule has 0 aliphatic rings. The summed E-state index contributed by atoms with van der Waals surface area (Å²) in [7, 11) is 2.79. The molecule has 0 aliphatic heterocycles. The first kappa shape index (κ1) is 13.5. The molecule has 0 bridgehead atoms. The molecule has 6 heteroatoms. The summed E-state index contributed by atoms with van der Waals surface area (Å²) in [5.74, 6) is 1.84. The van der Waals surface area contributed by atoms with Gasteiger partial charge in [-0.1, -0.05) is 12.0 Å². The topological polar surface area (TPSA) is 72.7 Å². The molecule has 6 nitrogen and oxygen atoms in total. The molecule has 1 aromatic carbocycles. The second-order valence-corrected chi connectivity index (χ2v) is 3.48. The molecule has 1 rings (SSSR count). The number of ether oxygens (including phenoxy) is 1. The lowest BCUT2D eigenvalue weighted by atomic mass is 10.1. The largest absolute Gasteiger partial charge is 0.490 e. The van der Waals surface area contributed by atoms with Crippen LogP contribution in [0.15, 0.2) is 18.2 Å². The first-order valence-electron chi connectivity index (χ1n) is 5.03. The van der Waals surface area contributed by atoms with Gasteiger partial charge < -0.3 is 9.64 Å². The summed E-state index contributed by atoms with van der Waals surface area (Å²) in [6.45, 7) is 0.116. The Hall–Kier alpha value is -2.55. The summed E-state index contributed by atoms with van der Waals surface area (Å²) in [5.41, 5.74) is -0.137. The maximum atomic E-state index is 12.0. The standard InChI is InChI=1S/C12H12N2O4/c1-4-8-13(2)12(15)9-6-5-7-10(14(16)17)11(9)18-3/h1,5-7H,8H2,2-3H3. The van der Waals surface area contributed by atoms with E-state index in [0.717, 1.165) is 0 Å². The summed E-state index contributed by atoms with van der Waals surface area (Å²) < 4.78 is 4.95. The summed E-state index contributed by atoms with van der Waals surface area (Å²) in [4.78, 5) is 23.5. The van der Waals surface area contributed by atoms with E-state index in [9.17, 15) is 14.9 Å². The number of methoxy groups -OCH3 is 1. The lowest BCUT2D eigenvalue weighted by Gasteiger charge is -2.15. The average molecular weight is 248 g/mol. The van der Waals surface area contributed by atoms with Crippen molar-refractivity contribution in [3.05, 3.63) is 33.9 Å². The number of rotatable bonds is 4. The number of terminal acetylenes is 1. The molecule has 0 aromatic heterocycles. The zero-order valence-electron chi connectivity index (χ0n) is 10.0. The van der Waals surface area contributed by atoms with Gasteiger partial charge in [0.05, 0.1) is 24.1 Å². The highest BCUT2D eigenvalue weighted by molar-refractivity contribution is 5.98. The monoisotopic (exact) mass is 248 g/mol. The number of hydrogen-bond donors (Lipinski definition) is 0. The number of nitro benzene ring substituents is 1. The van der Waals surface area contributed by atoms with E-state index in [1.807, 2.05) is 0 Å². The van der Waals surface area contributed by atoms with Crippen molar-refractivity contribution in [3.8, 4) is 18.1 Å². The lowest BCUT2D eigenvalue weighted by molar-refractivity contribution is -0.385. The maximum Gasteiger partial charge on any atom is 0.311 e. The smallest absolute Gasteiger partial charge is 0.311 e. The van der Waals surface area contributed by atoms with Gasteiger partial charge in [-0.15, -0.1) is 6.42 Å².